The first-order valence-corrected chi connectivity index (χ1v) is 8.87. The van der Waals surface area contributed by atoms with Gasteiger partial charge in [0.05, 0.1) is 37.1 Å². The Labute approximate surface area is 149 Å². The zero-order valence-corrected chi connectivity index (χ0v) is 15.0. The van der Waals surface area contributed by atoms with E-state index in [9.17, 15) is 5.11 Å². The van der Waals surface area contributed by atoms with Crippen molar-refractivity contribution in [2.24, 2.45) is 10.2 Å². The summed E-state index contributed by atoms with van der Waals surface area (Å²) in [6, 6.07) is 11.3. The predicted molar refractivity (Wildman–Crippen MR) is 98.3 cm³/mol. The molecule has 0 aliphatic carbocycles. The van der Waals surface area contributed by atoms with Crippen molar-refractivity contribution in [2.75, 3.05) is 20.2 Å². The molecule has 1 aliphatic heterocycles. The molecule has 132 valence electrons. The number of aromatic hydroxyl groups is 1. The molecule has 0 amide bonds. The van der Waals surface area contributed by atoms with E-state index in [-0.39, 0.29) is 0 Å². The summed E-state index contributed by atoms with van der Waals surface area (Å²) in [7, 11) is 1.64. The zero-order chi connectivity index (χ0) is 17.6. The molecule has 2 aromatic carbocycles. The number of azo groups is 1. The quantitative estimate of drug-likeness (QED) is 0.816. The van der Waals surface area contributed by atoms with Gasteiger partial charge >= 0.3 is 0 Å². The molecule has 25 heavy (non-hydrogen) atoms. The molecule has 2 N–H and O–H groups in total. The first-order valence-electron chi connectivity index (χ1n) is 8.87. The lowest BCUT2D eigenvalue weighted by Gasteiger charge is -2.24. The lowest BCUT2D eigenvalue weighted by atomic mass is 10.1. The van der Waals surface area contributed by atoms with Gasteiger partial charge in [-0.3, -0.25) is 0 Å². The number of phenols is 1. The molecule has 5 heteroatoms. The third kappa shape index (κ3) is 4.57. The maximum atomic E-state index is 10.4. The van der Waals surface area contributed by atoms with Gasteiger partial charge in [-0.1, -0.05) is 0 Å². The summed E-state index contributed by atoms with van der Waals surface area (Å²) < 4.78 is 5.15. The molecule has 0 saturated carbocycles. The Morgan fingerprint density at radius 1 is 1.00 bits per heavy atom. The number of benzene rings is 2. The summed E-state index contributed by atoms with van der Waals surface area (Å²) in [5.74, 6) is 1.19. The molecule has 1 heterocycles. The largest absolute Gasteiger partial charge is 0.507 e. The summed E-state index contributed by atoms with van der Waals surface area (Å²) in [6.07, 6.45) is 3.86. The number of quaternary nitrogens is 1. The van der Waals surface area contributed by atoms with Gasteiger partial charge in [-0.15, -0.1) is 0 Å². The molecule has 0 aromatic heterocycles. The van der Waals surface area contributed by atoms with E-state index in [1.165, 1.54) is 37.3 Å². The van der Waals surface area contributed by atoms with Gasteiger partial charge in [0.15, 0.2) is 0 Å². The molecule has 1 aliphatic rings. The minimum Gasteiger partial charge on any atom is -0.507 e. The van der Waals surface area contributed by atoms with Crippen molar-refractivity contribution in [1.29, 1.82) is 0 Å². The average molecular weight is 340 g/mol. The number of ether oxygens (including phenoxy) is 1. The van der Waals surface area contributed by atoms with Crippen LogP contribution in [-0.4, -0.2) is 25.3 Å². The van der Waals surface area contributed by atoms with Crippen LogP contribution in [0.4, 0.5) is 11.4 Å². The van der Waals surface area contributed by atoms with E-state index < -0.39 is 0 Å². The number of hydrogen-bond donors (Lipinski definition) is 2. The Kier molecular flexibility index (Phi) is 5.66. The molecule has 1 saturated heterocycles. The summed E-state index contributed by atoms with van der Waals surface area (Å²) >= 11 is 0. The SMILES string of the molecule is COc1ccc(N=Nc2cc(C)c(O)c(C[NH+]3CCCCC3)c2)cc1. The van der Waals surface area contributed by atoms with Crippen molar-refractivity contribution in [1.82, 2.24) is 0 Å². The number of aryl methyl sites for hydroxylation is 1. The highest BCUT2D eigenvalue weighted by Crippen LogP contribution is 2.29. The van der Waals surface area contributed by atoms with E-state index in [1.807, 2.05) is 43.3 Å². The zero-order valence-electron chi connectivity index (χ0n) is 15.0. The second-order valence-corrected chi connectivity index (χ2v) is 6.66. The van der Waals surface area contributed by atoms with Crippen molar-refractivity contribution >= 4 is 11.4 Å². The second-order valence-electron chi connectivity index (χ2n) is 6.66. The number of rotatable bonds is 5. The third-order valence-corrected chi connectivity index (χ3v) is 4.72. The topological polar surface area (TPSA) is 58.6 Å². The van der Waals surface area contributed by atoms with Crippen LogP contribution in [0, 0.1) is 6.92 Å². The standard InChI is InChI=1S/C20H25N3O2/c1-15-12-18(22-21-17-6-8-19(25-2)9-7-17)13-16(20(15)24)14-23-10-4-3-5-11-23/h6-9,12-13,24H,3-5,10-11,14H2,1-2H3/p+1. The molecule has 1 fully saturated rings. The van der Waals surface area contributed by atoms with Gasteiger partial charge in [0.1, 0.15) is 18.0 Å². The summed E-state index contributed by atoms with van der Waals surface area (Å²) in [5, 5.41) is 19.0. The highest BCUT2D eigenvalue weighted by atomic mass is 16.5. The van der Waals surface area contributed by atoms with Crippen molar-refractivity contribution in [3.63, 3.8) is 0 Å². The Hall–Kier alpha value is -2.40. The van der Waals surface area contributed by atoms with Gasteiger partial charge in [-0.25, -0.2) is 0 Å². The minimum atomic E-state index is 0.390. The van der Waals surface area contributed by atoms with Crippen LogP contribution in [0.5, 0.6) is 11.5 Å². The fourth-order valence-electron chi connectivity index (χ4n) is 3.29. The van der Waals surface area contributed by atoms with Crippen LogP contribution in [0.2, 0.25) is 0 Å². The van der Waals surface area contributed by atoms with Gasteiger partial charge in [-0.05, 0) is 68.1 Å². The molecule has 0 unspecified atom stereocenters. The van der Waals surface area contributed by atoms with Crippen molar-refractivity contribution in [2.45, 2.75) is 32.7 Å². The van der Waals surface area contributed by atoms with Crippen LogP contribution in [0.25, 0.3) is 0 Å². The number of nitrogens with one attached hydrogen (secondary N) is 1. The molecule has 0 spiro atoms. The van der Waals surface area contributed by atoms with Gasteiger partial charge < -0.3 is 14.7 Å². The highest BCUT2D eigenvalue weighted by Gasteiger charge is 2.17. The van der Waals surface area contributed by atoms with E-state index in [0.29, 0.717) is 5.75 Å². The number of piperidine rings is 1. The maximum absolute atomic E-state index is 10.4. The van der Waals surface area contributed by atoms with Crippen LogP contribution in [0.15, 0.2) is 46.6 Å². The highest BCUT2D eigenvalue weighted by molar-refractivity contribution is 5.52. The smallest absolute Gasteiger partial charge is 0.127 e. The predicted octanol–water partition coefficient (Wildman–Crippen LogP) is 3.69. The van der Waals surface area contributed by atoms with Gasteiger partial charge in [0, 0.05) is 0 Å². The monoisotopic (exact) mass is 340 g/mol. The Balaban J connectivity index is 1.77. The molecule has 5 nitrogen and oxygen atoms in total. The minimum absolute atomic E-state index is 0.390. The molecular weight excluding hydrogens is 314 g/mol. The molecular formula is C20H26N3O2+. The van der Waals surface area contributed by atoms with Gasteiger partial charge in [-0.2, -0.15) is 10.2 Å². The van der Waals surface area contributed by atoms with E-state index in [4.69, 9.17) is 4.74 Å². The van der Waals surface area contributed by atoms with E-state index >= 15 is 0 Å². The van der Waals surface area contributed by atoms with E-state index in [1.54, 1.807) is 7.11 Å². The number of methoxy groups -OCH3 is 1. The van der Waals surface area contributed by atoms with Crippen LogP contribution in [0.3, 0.4) is 0 Å². The van der Waals surface area contributed by atoms with E-state index in [2.05, 4.69) is 10.2 Å². The molecule has 0 bridgehead atoms. The number of likely N-dealkylation sites (tertiary alicyclic amines) is 1. The summed E-state index contributed by atoms with van der Waals surface area (Å²) in [4.78, 5) is 1.53. The fraction of sp³-hybridized carbons (Fsp3) is 0.400. The van der Waals surface area contributed by atoms with E-state index in [0.717, 1.165) is 34.8 Å². The van der Waals surface area contributed by atoms with Crippen LogP contribution >= 0.6 is 0 Å². The molecule has 0 atom stereocenters. The second kappa shape index (κ2) is 8.12. The Bertz CT molecular complexity index is 735. The fourth-order valence-corrected chi connectivity index (χ4v) is 3.29. The summed E-state index contributed by atoms with van der Waals surface area (Å²) in [5.41, 5.74) is 3.35. The lowest BCUT2D eigenvalue weighted by Crippen LogP contribution is -3.11. The lowest BCUT2D eigenvalue weighted by molar-refractivity contribution is -0.918. The third-order valence-electron chi connectivity index (χ3n) is 4.72. The molecule has 0 radical (unpaired) electrons. The Morgan fingerprint density at radius 3 is 2.36 bits per heavy atom. The van der Waals surface area contributed by atoms with Crippen LogP contribution in [-0.2, 0) is 6.54 Å². The maximum Gasteiger partial charge on any atom is 0.127 e. The normalized spacial score (nSPS) is 15.6. The number of phenolic OH excluding ortho intramolecular Hbond substituents is 1. The Morgan fingerprint density at radius 2 is 1.68 bits per heavy atom. The number of nitrogens with zero attached hydrogens (tertiary/aromatic N) is 2. The van der Waals surface area contributed by atoms with Crippen molar-refractivity contribution < 1.29 is 14.7 Å². The number of hydrogen-bond acceptors (Lipinski definition) is 4. The summed E-state index contributed by atoms with van der Waals surface area (Å²) in [6.45, 7) is 5.11. The van der Waals surface area contributed by atoms with Gasteiger partial charge in [0.2, 0.25) is 0 Å². The molecule has 3 rings (SSSR count). The van der Waals surface area contributed by atoms with Crippen LogP contribution in [0.1, 0.15) is 30.4 Å². The first kappa shape index (κ1) is 17.4. The van der Waals surface area contributed by atoms with Crippen molar-refractivity contribution in [3.8, 4) is 11.5 Å². The first-order chi connectivity index (χ1) is 12.2. The average Bonchev–Trinajstić information content (AvgIpc) is 2.65. The van der Waals surface area contributed by atoms with Crippen molar-refractivity contribution in [3.05, 3.63) is 47.5 Å². The van der Waals surface area contributed by atoms with Crippen LogP contribution < -0.4 is 9.64 Å². The van der Waals surface area contributed by atoms with Gasteiger partial charge in [0.25, 0.3) is 0 Å². The molecule has 2 aromatic rings.